The fourth-order valence-corrected chi connectivity index (χ4v) is 3.93. The Labute approximate surface area is 205 Å². The van der Waals surface area contributed by atoms with Crippen LogP contribution >= 0.6 is 0 Å². The minimum absolute atomic E-state index is 0.0194. The first-order chi connectivity index (χ1) is 17.0. The van der Waals surface area contributed by atoms with Crippen LogP contribution in [0.15, 0.2) is 48.5 Å². The van der Waals surface area contributed by atoms with Gasteiger partial charge in [0.1, 0.15) is 5.75 Å². The Kier molecular flexibility index (Phi) is 7.54. The molecular formula is C26H30N4O5. The van der Waals surface area contributed by atoms with Gasteiger partial charge in [0.2, 0.25) is 5.75 Å². The number of aryl methyl sites for hydroxylation is 1. The van der Waals surface area contributed by atoms with E-state index < -0.39 is 0 Å². The van der Waals surface area contributed by atoms with Crippen LogP contribution in [0.1, 0.15) is 5.56 Å². The molecule has 1 aliphatic heterocycles. The quantitative estimate of drug-likeness (QED) is 0.488. The van der Waals surface area contributed by atoms with Crippen molar-refractivity contribution in [2.45, 2.75) is 6.92 Å². The highest BCUT2D eigenvalue weighted by molar-refractivity contribution is 5.78. The number of ether oxygens (including phenoxy) is 4. The van der Waals surface area contributed by atoms with Crippen molar-refractivity contribution < 1.29 is 23.7 Å². The smallest absolute Gasteiger partial charge is 0.260 e. The first-order valence-electron chi connectivity index (χ1n) is 11.4. The van der Waals surface area contributed by atoms with Crippen molar-refractivity contribution >= 4 is 11.7 Å². The number of nitrogens with zero attached hydrogens (tertiary/aromatic N) is 4. The summed E-state index contributed by atoms with van der Waals surface area (Å²) in [7, 11) is 4.72. The third kappa shape index (κ3) is 5.56. The third-order valence-corrected chi connectivity index (χ3v) is 5.95. The van der Waals surface area contributed by atoms with E-state index in [0.717, 1.165) is 16.9 Å². The summed E-state index contributed by atoms with van der Waals surface area (Å²) in [5.41, 5.74) is 2.65. The number of carbonyl (C=O) groups is 1. The molecule has 9 nitrogen and oxygen atoms in total. The number of rotatable bonds is 8. The van der Waals surface area contributed by atoms with E-state index >= 15 is 0 Å². The number of anilines is 1. The molecule has 0 radical (unpaired) electrons. The van der Waals surface area contributed by atoms with Gasteiger partial charge in [-0.05, 0) is 43.3 Å². The Morgan fingerprint density at radius 1 is 0.857 bits per heavy atom. The van der Waals surface area contributed by atoms with Gasteiger partial charge in [-0.25, -0.2) is 0 Å². The molecule has 0 bridgehead atoms. The Morgan fingerprint density at radius 3 is 2.06 bits per heavy atom. The van der Waals surface area contributed by atoms with Crippen LogP contribution in [0.5, 0.6) is 23.0 Å². The van der Waals surface area contributed by atoms with Gasteiger partial charge in [-0.15, -0.1) is 10.2 Å². The molecule has 0 saturated carbocycles. The number of carbonyl (C=O) groups excluding carboxylic acids is 1. The standard InChI is InChI=1S/C26H30N4O5/c1-18-5-7-20(8-6-18)35-17-25(31)30-13-11-29(12-14-30)24-10-9-21(27-28-24)19-15-22(32-2)26(34-4)23(16-19)33-3/h5-10,15-16H,11-14,17H2,1-4H3. The number of amides is 1. The molecule has 3 aromatic rings. The van der Waals surface area contributed by atoms with Crippen LogP contribution in [0.3, 0.4) is 0 Å². The number of piperazine rings is 1. The molecule has 0 aliphatic carbocycles. The van der Waals surface area contributed by atoms with Crippen LogP contribution in [0.4, 0.5) is 5.82 Å². The predicted octanol–water partition coefficient (Wildman–Crippen LogP) is 3.21. The molecule has 35 heavy (non-hydrogen) atoms. The van der Waals surface area contributed by atoms with Crippen LogP contribution in [0, 0.1) is 6.92 Å². The summed E-state index contributed by atoms with van der Waals surface area (Å²) >= 11 is 0. The van der Waals surface area contributed by atoms with Crippen molar-refractivity contribution in [1.82, 2.24) is 15.1 Å². The molecule has 0 atom stereocenters. The summed E-state index contributed by atoms with van der Waals surface area (Å²) in [5, 5.41) is 8.83. The highest BCUT2D eigenvalue weighted by Gasteiger charge is 2.23. The molecule has 0 unspecified atom stereocenters. The molecule has 4 rings (SSSR count). The zero-order valence-electron chi connectivity index (χ0n) is 20.5. The van der Waals surface area contributed by atoms with Gasteiger partial charge in [0.25, 0.3) is 5.91 Å². The van der Waals surface area contributed by atoms with Crippen molar-refractivity contribution in [3.05, 3.63) is 54.1 Å². The molecule has 1 saturated heterocycles. The van der Waals surface area contributed by atoms with Crippen molar-refractivity contribution in [2.75, 3.05) is 59.0 Å². The summed E-state index contributed by atoms with van der Waals surface area (Å²) in [6.07, 6.45) is 0. The lowest BCUT2D eigenvalue weighted by Gasteiger charge is -2.35. The molecular weight excluding hydrogens is 448 g/mol. The van der Waals surface area contributed by atoms with E-state index in [1.54, 1.807) is 21.3 Å². The summed E-state index contributed by atoms with van der Waals surface area (Å²) in [6.45, 7) is 4.60. The number of hydrogen-bond acceptors (Lipinski definition) is 8. The fraction of sp³-hybridized carbons (Fsp3) is 0.346. The van der Waals surface area contributed by atoms with E-state index in [9.17, 15) is 4.79 Å². The Balaban J connectivity index is 1.35. The molecule has 2 aromatic carbocycles. The Morgan fingerprint density at radius 2 is 1.51 bits per heavy atom. The topological polar surface area (TPSA) is 86.3 Å². The monoisotopic (exact) mass is 478 g/mol. The maximum atomic E-state index is 12.6. The van der Waals surface area contributed by atoms with Gasteiger partial charge < -0.3 is 28.7 Å². The fourth-order valence-electron chi connectivity index (χ4n) is 3.93. The van der Waals surface area contributed by atoms with Gasteiger partial charge in [0, 0.05) is 31.7 Å². The van der Waals surface area contributed by atoms with E-state index in [2.05, 4.69) is 15.1 Å². The maximum Gasteiger partial charge on any atom is 0.260 e. The predicted molar refractivity (Wildman–Crippen MR) is 133 cm³/mol. The molecule has 2 heterocycles. The van der Waals surface area contributed by atoms with E-state index in [1.807, 2.05) is 60.4 Å². The highest BCUT2D eigenvalue weighted by Crippen LogP contribution is 2.40. The van der Waals surface area contributed by atoms with Crippen molar-refractivity contribution in [3.8, 4) is 34.3 Å². The van der Waals surface area contributed by atoms with E-state index in [4.69, 9.17) is 18.9 Å². The van der Waals surface area contributed by atoms with Gasteiger partial charge >= 0.3 is 0 Å². The number of benzene rings is 2. The molecule has 1 amide bonds. The molecule has 9 heteroatoms. The van der Waals surface area contributed by atoms with Crippen molar-refractivity contribution in [1.29, 1.82) is 0 Å². The Hall–Kier alpha value is -4.01. The largest absolute Gasteiger partial charge is 0.493 e. The van der Waals surface area contributed by atoms with Gasteiger partial charge in [-0.2, -0.15) is 0 Å². The molecule has 184 valence electrons. The second-order valence-electron chi connectivity index (χ2n) is 8.16. The molecule has 0 spiro atoms. The molecule has 1 aromatic heterocycles. The molecule has 1 aliphatic rings. The third-order valence-electron chi connectivity index (χ3n) is 5.95. The highest BCUT2D eigenvalue weighted by atomic mass is 16.5. The van der Waals surface area contributed by atoms with Crippen LogP contribution < -0.4 is 23.8 Å². The first kappa shape index (κ1) is 24.1. The van der Waals surface area contributed by atoms with Gasteiger partial charge in [-0.3, -0.25) is 4.79 Å². The summed E-state index contributed by atoms with van der Waals surface area (Å²) in [4.78, 5) is 16.5. The lowest BCUT2D eigenvalue weighted by Crippen LogP contribution is -2.50. The minimum atomic E-state index is -0.0194. The second-order valence-corrected chi connectivity index (χ2v) is 8.16. The zero-order valence-corrected chi connectivity index (χ0v) is 20.5. The Bertz CT molecular complexity index is 1120. The summed E-state index contributed by atoms with van der Waals surface area (Å²) < 4.78 is 21.9. The lowest BCUT2D eigenvalue weighted by atomic mass is 10.1. The average molecular weight is 479 g/mol. The van der Waals surface area contributed by atoms with Crippen LogP contribution in [-0.2, 0) is 4.79 Å². The maximum absolute atomic E-state index is 12.6. The average Bonchev–Trinajstić information content (AvgIpc) is 2.91. The SMILES string of the molecule is COc1cc(-c2ccc(N3CCN(C(=O)COc4ccc(C)cc4)CC3)nn2)cc(OC)c1OC. The van der Waals surface area contributed by atoms with Crippen LogP contribution in [0.25, 0.3) is 11.3 Å². The second kappa shape index (κ2) is 10.9. The van der Waals surface area contributed by atoms with Crippen molar-refractivity contribution in [2.24, 2.45) is 0 Å². The van der Waals surface area contributed by atoms with E-state index in [-0.39, 0.29) is 12.5 Å². The molecule has 1 fully saturated rings. The summed E-state index contributed by atoms with van der Waals surface area (Å²) in [6, 6.07) is 15.2. The lowest BCUT2D eigenvalue weighted by molar-refractivity contribution is -0.133. The summed E-state index contributed by atoms with van der Waals surface area (Å²) in [5.74, 6) is 3.09. The van der Waals surface area contributed by atoms with Crippen molar-refractivity contribution in [3.63, 3.8) is 0 Å². The zero-order chi connectivity index (χ0) is 24.8. The number of aromatic nitrogens is 2. The normalized spacial score (nSPS) is 13.4. The molecule has 0 N–H and O–H groups in total. The van der Waals surface area contributed by atoms with Crippen LogP contribution in [0.2, 0.25) is 0 Å². The van der Waals surface area contributed by atoms with Gasteiger partial charge in [-0.1, -0.05) is 17.7 Å². The first-order valence-corrected chi connectivity index (χ1v) is 11.4. The van der Waals surface area contributed by atoms with E-state index in [1.165, 1.54) is 0 Å². The van der Waals surface area contributed by atoms with E-state index in [0.29, 0.717) is 54.9 Å². The minimum Gasteiger partial charge on any atom is -0.493 e. The number of methoxy groups -OCH3 is 3. The van der Waals surface area contributed by atoms with Gasteiger partial charge in [0.05, 0.1) is 27.0 Å². The van der Waals surface area contributed by atoms with Crippen LogP contribution in [-0.4, -0.2) is 75.1 Å². The van der Waals surface area contributed by atoms with Gasteiger partial charge in [0.15, 0.2) is 23.9 Å². The number of hydrogen-bond donors (Lipinski definition) is 0.